The van der Waals surface area contributed by atoms with E-state index in [-0.39, 0.29) is 5.82 Å². The molecule has 0 unspecified atom stereocenters. The van der Waals surface area contributed by atoms with Crippen molar-refractivity contribution in [2.45, 2.75) is 31.8 Å². The van der Waals surface area contributed by atoms with E-state index in [4.69, 9.17) is 0 Å². The van der Waals surface area contributed by atoms with E-state index in [0.717, 1.165) is 36.4 Å². The Morgan fingerprint density at radius 2 is 1.95 bits per heavy atom. The Labute approximate surface area is 124 Å². The van der Waals surface area contributed by atoms with Gasteiger partial charge >= 0.3 is 0 Å². The van der Waals surface area contributed by atoms with Crippen LogP contribution in [0.4, 0.5) is 15.8 Å². The minimum Gasteiger partial charge on any atom is -0.338 e. The number of halogens is 1. The van der Waals surface area contributed by atoms with Gasteiger partial charge in [0.15, 0.2) is 0 Å². The molecular weight excluding hydrogens is 263 g/mol. The predicted molar refractivity (Wildman–Crippen MR) is 83.4 cm³/mol. The predicted octanol–water partition coefficient (Wildman–Crippen LogP) is 3.77. The van der Waals surface area contributed by atoms with Crippen LogP contribution in [0.2, 0.25) is 0 Å². The molecule has 2 aromatic carbocycles. The van der Waals surface area contributed by atoms with Crippen LogP contribution < -0.4 is 10.2 Å². The Morgan fingerprint density at radius 1 is 1.10 bits per heavy atom. The van der Waals surface area contributed by atoms with Crippen LogP contribution in [-0.2, 0) is 13.0 Å². The molecule has 21 heavy (non-hydrogen) atoms. The number of hydrogen-bond donors (Lipinski definition) is 1. The highest BCUT2D eigenvalue weighted by Gasteiger charge is 2.26. The molecule has 1 aliphatic carbocycles. The highest BCUT2D eigenvalue weighted by Crippen LogP contribution is 2.37. The topological polar surface area (TPSA) is 15.3 Å². The smallest absolute Gasteiger partial charge is 0.147 e. The molecule has 1 saturated carbocycles. The van der Waals surface area contributed by atoms with Crippen molar-refractivity contribution in [1.82, 2.24) is 5.32 Å². The number of nitrogens with one attached hydrogen (secondary N) is 1. The van der Waals surface area contributed by atoms with Crippen molar-refractivity contribution in [1.29, 1.82) is 0 Å². The number of fused-ring (bicyclic) bond motifs is 1. The molecule has 0 bridgehead atoms. The highest BCUT2D eigenvalue weighted by molar-refractivity contribution is 5.72. The molecule has 4 rings (SSSR count). The molecule has 2 aromatic rings. The van der Waals surface area contributed by atoms with E-state index in [0.29, 0.717) is 6.04 Å². The minimum atomic E-state index is -0.123. The van der Waals surface area contributed by atoms with Crippen LogP contribution >= 0.6 is 0 Å². The summed E-state index contributed by atoms with van der Waals surface area (Å²) in [5.74, 6) is -0.123. The lowest BCUT2D eigenvalue weighted by Crippen LogP contribution is -2.21. The van der Waals surface area contributed by atoms with Crippen LogP contribution in [0.25, 0.3) is 0 Å². The number of para-hydroxylation sites is 2. The monoisotopic (exact) mass is 282 g/mol. The maximum Gasteiger partial charge on any atom is 0.147 e. The van der Waals surface area contributed by atoms with Gasteiger partial charge in [-0.1, -0.05) is 30.3 Å². The molecule has 1 aliphatic heterocycles. The molecule has 108 valence electrons. The molecule has 2 nitrogen and oxygen atoms in total. The molecule has 0 atom stereocenters. The van der Waals surface area contributed by atoms with Crippen LogP contribution in [0.3, 0.4) is 0 Å². The standard InChI is InChI=1S/C18H19FN2/c19-16-6-3-5-14(12-20-15-8-9-15)18(16)21-11-10-13-4-1-2-7-17(13)21/h1-7,15,20H,8-12H2. The summed E-state index contributed by atoms with van der Waals surface area (Å²) in [5.41, 5.74) is 4.26. The Kier molecular flexibility index (Phi) is 3.15. The van der Waals surface area contributed by atoms with E-state index in [9.17, 15) is 4.39 Å². The third-order valence-corrected chi connectivity index (χ3v) is 4.39. The van der Waals surface area contributed by atoms with Gasteiger partial charge in [-0.05, 0) is 42.5 Å². The average Bonchev–Trinajstić information content (AvgIpc) is 3.24. The molecule has 2 aliphatic rings. The van der Waals surface area contributed by atoms with Gasteiger partial charge in [-0.15, -0.1) is 0 Å². The van der Waals surface area contributed by atoms with E-state index < -0.39 is 0 Å². The SMILES string of the molecule is Fc1cccc(CNC2CC2)c1N1CCc2ccccc21. The quantitative estimate of drug-likeness (QED) is 0.918. The second-order valence-electron chi connectivity index (χ2n) is 5.93. The summed E-state index contributed by atoms with van der Waals surface area (Å²) >= 11 is 0. The summed E-state index contributed by atoms with van der Waals surface area (Å²) in [6.07, 6.45) is 3.48. The largest absolute Gasteiger partial charge is 0.338 e. The molecular formula is C18H19FN2. The molecule has 0 amide bonds. The maximum absolute atomic E-state index is 14.5. The van der Waals surface area contributed by atoms with Crippen LogP contribution in [0.1, 0.15) is 24.0 Å². The van der Waals surface area contributed by atoms with Gasteiger partial charge < -0.3 is 10.2 Å². The molecule has 0 saturated heterocycles. The minimum absolute atomic E-state index is 0.123. The van der Waals surface area contributed by atoms with Crippen LogP contribution in [0.15, 0.2) is 42.5 Å². The van der Waals surface area contributed by atoms with Crippen molar-refractivity contribution in [3.63, 3.8) is 0 Å². The van der Waals surface area contributed by atoms with Crippen LogP contribution in [-0.4, -0.2) is 12.6 Å². The third-order valence-electron chi connectivity index (χ3n) is 4.39. The first-order valence-corrected chi connectivity index (χ1v) is 7.69. The molecule has 0 aromatic heterocycles. The molecule has 3 heteroatoms. The van der Waals surface area contributed by atoms with E-state index in [1.165, 1.54) is 18.4 Å². The lowest BCUT2D eigenvalue weighted by Gasteiger charge is -2.23. The molecule has 0 spiro atoms. The fourth-order valence-corrected chi connectivity index (χ4v) is 3.12. The van der Waals surface area contributed by atoms with Gasteiger partial charge in [0.1, 0.15) is 5.82 Å². The first kappa shape index (κ1) is 12.8. The second kappa shape index (κ2) is 5.15. The van der Waals surface area contributed by atoms with Gasteiger partial charge in [-0.25, -0.2) is 4.39 Å². The summed E-state index contributed by atoms with van der Waals surface area (Å²) in [6.45, 7) is 1.60. The van der Waals surface area contributed by atoms with E-state index in [1.807, 2.05) is 18.2 Å². The molecule has 1 heterocycles. The summed E-state index contributed by atoms with van der Waals surface area (Å²) in [5, 5.41) is 3.49. The molecule has 1 N–H and O–H groups in total. The van der Waals surface area contributed by atoms with Gasteiger partial charge in [-0.3, -0.25) is 0 Å². The first-order valence-electron chi connectivity index (χ1n) is 7.69. The van der Waals surface area contributed by atoms with Crippen molar-refractivity contribution in [3.8, 4) is 0 Å². The Bertz CT molecular complexity index is 664. The second-order valence-corrected chi connectivity index (χ2v) is 5.93. The van der Waals surface area contributed by atoms with Crippen LogP contribution in [0, 0.1) is 5.82 Å². The fourth-order valence-electron chi connectivity index (χ4n) is 3.12. The lowest BCUT2D eigenvalue weighted by atomic mass is 10.1. The molecule has 1 fully saturated rings. The van der Waals surface area contributed by atoms with Gasteiger partial charge in [0.05, 0.1) is 5.69 Å². The van der Waals surface area contributed by atoms with Crippen molar-refractivity contribution < 1.29 is 4.39 Å². The zero-order valence-electron chi connectivity index (χ0n) is 12.0. The summed E-state index contributed by atoms with van der Waals surface area (Å²) in [4.78, 5) is 2.13. The van der Waals surface area contributed by atoms with Crippen molar-refractivity contribution >= 4 is 11.4 Å². The third kappa shape index (κ3) is 2.42. The van der Waals surface area contributed by atoms with Crippen molar-refractivity contribution in [2.75, 3.05) is 11.4 Å². The number of anilines is 2. The van der Waals surface area contributed by atoms with Gasteiger partial charge in [0.25, 0.3) is 0 Å². The fraction of sp³-hybridized carbons (Fsp3) is 0.333. The lowest BCUT2D eigenvalue weighted by molar-refractivity contribution is 0.617. The molecule has 0 radical (unpaired) electrons. The van der Waals surface area contributed by atoms with Gasteiger partial charge in [0.2, 0.25) is 0 Å². The number of hydrogen-bond acceptors (Lipinski definition) is 2. The first-order chi connectivity index (χ1) is 10.3. The van der Waals surface area contributed by atoms with Crippen molar-refractivity contribution in [2.24, 2.45) is 0 Å². The van der Waals surface area contributed by atoms with Crippen molar-refractivity contribution in [3.05, 3.63) is 59.4 Å². The van der Waals surface area contributed by atoms with E-state index in [1.54, 1.807) is 6.07 Å². The number of benzene rings is 2. The normalized spacial score (nSPS) is 17.1. The average molecular weight is 282 g/mol. The van der Waals surface area contributed by atoms with Gasteiger partial charge in [0, 0.05) is 24.8 Å². The van der Waals surface area contributed by atoms with E-state index in [2.05, 4.69) is 28.4 Å². The number of rotatable bonds is 4. The summed E-state index contributed by atoms with van der Waals surface area (Å²) < 4.78 is 14.5. The Morgan fingerprint density at radius 3 is 2.81 bits per heavy atom. The van der Waals surface area contributed by atoms with Crippen LogP contribution in [0.5, 0.6) is 0 Å². The zero-order chi connectivity index (χ0) is 14.2. The highest BCUT2D eigenvalue weighted by atomic mass is 19.1. The van der Waals surface area contributed by atoms with E-state index >= 15 is 0 Å². The summed E-state index contributed by atoms with van der Waals surface area (Å²) in [6, 6.07) is 14.4. The number of nitrogens with zero attached hydrogens (tertiary/aromatic N) is 1. The Balaban J connectivity index is 1.70. The zero-order valence-corrected chi connectivity index (χ0v) is 12.0. The Hall–Kier alpha value is -1.87. The maximum atomic E-state index is 14.5. The summed E-state index contributed by atoms with van der Waals surface area (Å²) in [7, 11) is 0. The van der Waals surface area contributed by atoms with Gasteiger partial charge in [-0.2, -0.15) is 0 Å².